The van der Waals surface area contributed by atoms with Crippen LogP contribution in [0, 0.1) is 0 Å². The van der Waals surface area contributed by atoms with E-state index in [0.717, 1.165) is 24.6 Å². The van der Waals surface area contributed by atoms with Crippen molar-refractivity contribution in [3.63, 3.8) is 0 Å². The van der Waals surface area contributed by atoms with Gasteiger partial charge in [-0.1, -0.05) is 158 Å². The number of rotatable bonds is 2. The fraction of sp³-hybridized carbons (Fsp3) is 0.0800. The number of benzene rings is 9. The summed E-state index contributed by atoms with van der Waals surface area (Å²) in [5.41, 5.74) is 11.9. The van der Waals surface area contributed by atoms with Crippen molar-refractivity contribution in [3.05, 3.63) is 192 Å². The third kappa shape index (κ3) is 5.45. The van der Waals surface area contributed by atoms with Gasteiger partial charge in [0.2, 0.25) is 0 Å². The van der Waals surface area contributed by atoms with Crippen LogP contribution in [0.15, 0.2) is 170 Å². The van der Waals surface area contributed by atoms with Crippen LogP contribution in [-0.4, -0.2) is 0 Å². The van der Waals surface area contributed by atoms with Gasteiger partial charge in [0, 0.05) is 15.8 Å². The summed E-state index contributed by atoms with van der Waals surface area (Å²) in [7, 11) is -2.01. The van der Waals surface area contributed by atoms with Crippen molar-refractivity contribution < 1.29 is 20.4 Å². The van der Waals surface area contributed by atoms with Gasteiger partial charge in [-0.3, -0.25) is 0 Å². The van der Waals surface area contributed by atoms with Crippen molar-refractivity contribution in [3.8, 4) is 22.3 Å². The molecule has 0 bridgehead atoms. The molecule has 0 aromatic heterocycles. The molecule has 0 aliphatic carbocycles. The van der Waals surface area contributed by atoms with Crippen LogP contribution in [0.5, 0.6) is 0 Å². The molecule has 0 nitrogen and oxygen atoms in total. The second-order valence-electron chi connectivity index (χ2n) is 14.7. The maximum Gasteiger partial charge on any atom is 2.00 e. The van der Waals surface area contributed by atoms with Crippen LogP contribution in [0.1, 0.15) is 22.3 Å². The summed E-state index contributed by atoms with van der Waals surface area (Å²) in [5, 5.41) is 14.2. The molecule has 2 heterocycles. The standard InChI is InChI=1S/C50H36P2.Pd/c1-5-15-41-33(11-1)21-25-37-29-51(30-38-26-22-34-12-2-6-16-42(34)48(38)47(37)41)45-19-9-10-20-46(45)52-31-39-27-23-35-13-3-7-17-43(35)49(39)50-40(32-52)28-24-36-14-4-8-18-44(36)50;/h1-28H,29-32H2;/q;+2/p+2. The predicted molar refractivity (Wildman–Crippen MR) is 231 cm³/mol. The summed E-state index contributed by atoms with van der Waals surface area (Å²) < 4.78 is 0. The fourth-order valence-corrected chi connectivity index (χ4v) is 16.2. The minimum Gasteiger partial charge on any atom is -0.0616 e. The molecule has 9 aromatic rings. The van der Waals surface area contributed by atoms with E-state index in [1.807, 2.05) is 0 Å². The number of hydrogen-bond acceptors (Lipinski definition) is 0. The topological polar surface area (TPSA) is 0 Å². The van der Waals surface area contributed by atoms with Gasteiger partial charge < -0.3 is 0 Å². The van der Waals surface area contributed by atoms with E-state index in [1.54, 1.807) is 10.6 Å². The molecular weight excluding hydrogens is 769 g/mol. The molecule has 0 amide bonds. The van der Waals surface area contributed by atoms with Gasteiger partial charge in [0.25, 0.3) is 0 Å². The molecule has 0 unspecified atom stereocenters. The molecule has 9 aromatic carbocycles. The van der Waals surface area contributed by atoms with Crippen molar-refractivity contribution >= 4 is 69.5 Å². The Hall–Kier alpha value is -4.46. The summed E-state index contributed by atoms with van der Waals surface area (Å²) in [5.74, 6) is 0. The summed E-state index contributed by atoms with van der Waals surface area (Å²) in [4.78, 5) is 0. The van der Waals surface area contributed by atoms with Gasteiger partial charge in [-0.2, -0.15) is 0 Å². The van der Waals surface area contributed by atoms with Crippen LogP contribution >= 0.6 is 15.8 Å². The molecule has 2 aliphatic heterocycles. The average Bonchev–Trinajstić information content (AvgIpc) is 3.49. The van der Waals surface area contributed by atoms with Crippen molar-refractivity contribution in [2.24, 2.45) is 0 Å². The molecule has 0 saturated carbocycles. The number of fused-ring (bicyclic) bond motifs is 14. The zero-order chi connectivity index (χ0) is 34.2. The van der Waals surface area contributed by atoms with Gasteiger partial charge in [0.1, 0.15) is 10.6 Å². The quantitative estimate of drug-likeness (QED) is 0.121. The van der Waals surface area contributed by atoms with Crippen LogP contribution < -0.4 is 10.6 Å². The first-order chi connectivity index (χ1) is 25.8. The van der Waals surface area contributed by atoms with Gasteiger partial charge in [-0.05, 0) is 99.7 Å². The Bertz CT molecular complexity index is 2520. The molecule has 0 fully saturated rings. The van der Waals surface area contributed by atoms with Crippen molar-refractivity contribution in [2.75, 3.05) is 0 Å². The summed E-state index contributed by atoms with van der Waals surface area (Å²) >= 11 is 0. The molecule has 0 saturated heterocycles. The van der Waals surface area contributed by atoms with E-state index in [2.05, 4.69) is 170 Å². The smallest absolute Gasteiger partial charge is 0.0616 e. The van der Waals surface area contributed by atoms with E-state index in [-0.39, 0.29) is 20.4 Å². The van der Waals surface area contributed by atoms with Crippen molar-refractivity contribution in [1.29, 1.82) is 0 Å². The second kappa shape index (κ2) is 13.4. The first-order valence-corrected chi connectivity index (χ1v) is 22.4. The third-order valence-electron chi connectivity index (χ3n) is 11.9. The van der Waals surface area contributed by atoms with E-state index in [0.29, 0.717) is 0 Å². The SMILES string of the molecule is [Pd+2].c1ccc([PH+]2Cc3ccc4ccccc4c3-c3c(ccc4ccccc34)C2)c([PH+]2Cc3ccc4ccccc4c3-c3c(ccc4ccccc34)C2)c1. The molecule has 0 radical (unpaired) electrons. The van der Waals surface area contributed by atoms with Gasteiger partial charge in [0.05, 0.1) is 24.6 Å². The molecule has 11 rings (SSSR count). The van der Waals surface area contributed by atoms with Crippen molar-refractivity contribution in [2.45, 2.75) is 24.6 Å². The maximum absolute atomic E-state index is 2.53. The molecule has 254 valence electrons. The summed E-state index contributed by atoms with van der Waals surface area (Å²) in [6, 6.07) is 65.2. The monoisotopic (exact) mass is 806 g/mol. The van der Waals surface area contributed by atoms with Gasteiger partial charge in [-0.15, -0.1) is 0 Å². The molecule has 2 aliphatic rings. The first-order valence-electron chi connectivity index (χ1n) is 18.6. The van der Waals surface area contributed by atoms with Crippen molar-refractivity contribution in [1.82, 2.24) is 0 Å². The van der Waals surface area contributed by atoms with E-state index < -0.39 is 15.8 Å². The normalized spacial score (nSPS) is 14.2. The second-order valence-corrected chi connectivity index (χ2v) is 19.6. The molecule has 3 heteroatoms. The fourth-order valence-electron chi connectivity index (χ4n) is 9.56. The third-order valence-corrected chi connectivity index (χ3v) is 17.7. The molecular formula is C50H38P2Pd+4. The first kappa shape index (κ1) is 33.1. The Kier molecular flexibility index (Phi) is 8.40. The Morgan fingerprint density at radius 3 is 0.792 bits per heavy atom. The van der Waals surface area contributed by atoms with E-state index >= 15 is 0 Å². The predicted octanol–water partition coefficient (Wildman–Crippen LogP) is 12.7. The van der Waals surface area contributed by atoms with Gasteiger partial charge in [-0.25, -0.2) is 0 Å². The largest absolute Gasteiger partial charge is 2.00 e. The van der Waals surface area contributed by atoms with E-state index in [9.17, 15) is 0 Å². The van der Waals surface area contributed by atoms with Crippen LogP contribution in [0.2, 0.25) is 0 Å². The molecule has 0 atom stereocenters. The number of hydrogen-bond donors (Lipinski definition) is 0. The minimum atomic E-state index is -1.01. The van der Waals surface area contributed by atoms with E-state index in [1.165, 1.54) is 87.6 Å². The zero-order valence-electron chi connectivity index (χ0n) is 29.3. The Morgan fingerprint density at radius 2 is 0.509 bits per heavy atom. The average molecular weight is 807 g/mol. The minimum absolute atomic E-state index is 0. The maximum atomic E-state index is 2.53. The van der Waals surface area contributed by atoms with Crippen LogP contribution in [0.4, 0.5) is 0 Å². The van der Waals surface area contributed by atoms with Gasteiger partial charge >= 0.3 is 20.4 Å². The summed E-state index contributed by atoms with van der Waals surface area (Å²) in [6.07, 6.45) is 4.57. The Labute approximate surface area is 327 Å². The Morgan fingerprint density at radius 1 is 0.264 bits per heavy atom. The van der Waals surface area contributed by atoms with Crippen LogP contribution in [0.25, 0.3) is 65.3 Å². The van der Waals surface area contributed by atoms with E-state index in [4.69, 9.17) is 0 Å². The van der Waals surface area contributed by atoms with Crippen LogP contribution in [-0.2, 0) is 45.1 Å². The summed E-state index contributed by atoms with van der Waals surface area (Å²) in [6.45, 7) is 0. The van der Waals surface area contributed by atoms with Crippen LogP contribution in [0.3, 0.4) is 0 Å². The molecule has 0 spiro atoms. The molecule has 0 N–H and O–H groups in total. The molecule has 53 heavy (non-hydrogen) atoms. The Balaban J connectivity index is 0.00000349. The zero-order valence-corrected chi connectivity index (χ0v) is 32.9. The van der Waals surface area contributed by atoms with Gasteiger partial charge in [0.15, 0.2) is 0 Å².